The fourth-order valence-electron chi connectivity index (χ4n) is 5.11. The lowest BCUT2D eigenvalue weighted by Crippen LogP contribution is -2.48. The maximum absolute atomic E-state index is 13.1. The van der Waals surface area contributed by atoms with Crippen molar-refractivity contribution in [3.63, 3.8) is 0 Å². The molecule has 0 bridgehead atoms. The van der Waals surface area contributed by atoms with E-state index in [9.17, 15) is 18.0 Å². The number of benzene rings is 1. The SMILES string of the molecule is CC1CCCC(NC(=O)C2CCN(S(=O)(=O)c3ccc4c(c3)CCC(=O)N4)CC2)C1C. The highest BCUT2D eigenvalue weighted by Gasteiger charge is 2.35. The summed E-state index contributed by atoms with van der Waals surface area (Å²) in [6.45, 7) is 5.17. The molecule has 3 atom stereocenters. The third-order valence-electron chi connectivity index (χ3n) is 7.47. The molecule has 0 spiro atoms. The summed E-state index contributed by atoms with van der Waals surface area (Å²) in [6.07, 6.45) is 5.41. The number of carbonyl (C=O) groups excluding carboxylic acids is 2. The van der Waals surface area contributed by atoms with Gasteiger partial charge in [-0.3, -0.25) is 9.59 Å². The maximum Gasteiger partial charge on any atom is 0.243 e. The molecule has 2 fully saturated rings. The van der Waals surface area contributed by atoms with Gasteiger partial charge in [0.2, 0.25) is 21.8 Å². The van der Waals surface area contributed by atoms with Crippen molar-refractivity contribution in [1.29, 1.82) is 0 Å². The Labute approximate surface area is 185 Å². The number of carbonyl (C=O) groups is 2. The fraction of sp³-hybridized carbons (Fsp3) is 0.652. The standard InChI is InChI=1S/C23H33N3O4S/c1-15-4-3-5-20(16(15)2)25-23(28)17-10-12-26(13-11-17)31(29,30)19-7-8-21-18(14-19)6-9-22(27)24-21/h7-8,14-17,20H,3-6,9-13H2,1-2H3,(H,24,27)(H,25,28). The predicted octanol–water partition coefficient (Wildman–Crippen LogP) is 2.91. The van der Waals surface area contributed by atoms with Crippen molar-refractivity contribution in [2.24, 2.45) is 17.8 Å². The number of amides is 2. The topological polar surface area (TPSA) is 95.6 Å². The molecule has 7 nitrogen and oxygen atoms in total. The zero-order chi connectivity index (χ0) is 22.2. The number of nitrogens with one attached hydrogen (secondary N) is 2. The van der Waals surface area contributed by atoms with Gasteiger partial charge < -0.3 is 10.6 Å². The third-order valence-corrected chi connectivity index (χ3v) is 9.36. The molecule has 0 aromatic heterocycles. The number of aryl methyl sites for hydroxylation is 1. The Morgan fingerprint density at radius 1 is 1.10 bits per heavy atom. The van der Waals surface area contributed by atoms with E-state index in [4.69, 9.17) is 0 Å². The monoisotopic (exact) mass is 447 g/mol. The molecule has 31 heavy (non-hydrogen) atoms. The Hall–Kier alpha value is -1.93. The molecule has 2 aliphatic heterocycles. The van der Waals surface area contributed by atoms with E-state index >= 15 is 0 Å². The van der Waals surface area contributed by atoms with Crippen molar-refractivity contribution in [1.82, 2.24) is 9.62 Å². The average molecular weight is 448 g/mol. The van der Waals surface area contributed by atoms with Gasteiger partial charge in [0.15, 0.2) is 0 Å². The van der Waals surface area contributed by atoms with Crippen molar-refractivity contribution in [3.8, 4) is 0 Å². The first-order chi connectivity index (χ1) is 14.8. The molecule has 4 rings (SSSR count). The normalized spacial score (nSPS) is 27.9. The van der Waals surface area contributed by atoms with E-state index in [0.717, 1.165) is 18.4 Å². The summed E-state index contributed by atoms with van der Waals surface area (Å²) in [5.41, 5.74) is 1.54. The molecule has 2 N–H and O–H groups in total. The van der Waals surface area contributed by atoms with Crippen LogP contribution in [0, 0.1) is 17.8 Å². The van der Waals surface area contributed by atoms with Gasteiger partial charge in [-0.05, 0) is 61.3 Å². The second-order valence-electron chi connectivity index (χ2n) is 9.43. The van der Waals surface area contributed by atoms with Crippen LogP contribution in [-0.2, 0) is 26.0 Å². The molecule has 3 aliphatic rings. The molecule has 3 unspecified atom stereocenters. The lowest BCUT2D eigenvalue weighted by Gasteiger charge is -2.36. The van der Waals surface area contributed by atoms with Crippen LogP contribution in [0.2, 0.25) is 0 Å². The number of sulfonamides is 1. The molecule has 1 aliphatic carbocycles. The zero-order valence-electron chi connectivity index (χ0n) is 18.4. The van der Waals surface area contributed by atoms with E-state index in [1.807, 2.05) is 0 Å². The molecule has 0 radical (unpaired) electrons. The van der Waals surface area contributed by atoms with Crippen LogP contribution < -0.4 is 10.6 Å². The van der Waals surface area contributed by atoms with Gasteiger partial charge in [0.25, 0.3) is 0 Å². The molecule has 1 aromatic carbocycles. The highest BCUT2D eigenvalue weighted by molar-refractivity contribution is 7.89. The summed E-state index contributed by atoms with van der Waals surface area (Å²) in [7, 11) is -3.61. The van der Waals surface area contributed by atoms with Crippen LogP contribution in [0.3, 0.4) is 0 Å². The number of fused-ring (bicyclic) bond motifs is 1. The summed E-state index contributed by atoms with van der Waals surface area (Å²) in [6, 6.07) is 5.14. The van der Waals surface area contributed by atoms with Crippen molar-refractivity contribution in [3.05, 3.63) is 23.8 Å². The molecule has 1 saturated carbocycles. The molecular weight excluding hydrogens is 414 g/mol. The molecule has 2 heterocycles. The molecule has 8 heteroatoms. The number of hydrogen-bond acceptors (Lipinski definition) is 4. The quantitative estimate of drug-likeness (QED) is 0.742. The Kier molecular flexibility index (Phi) is 6.40. The number of hydrogen-bond donors (Lipinski definition) is 2. The first-order valence-electron chi connectivity index (χ1n) is 11.5. The van der Waals surface area contributed by atoms with Crippen molar-refractivity contribution in [2.45, 2.75) is 69.7 Å². The van der Waals surface area contributed by atoms with Gasteiger partial charge in [-0.15, -0.1) is 0 Å². The molecular formula is C23H33N3O4S. The average Bonchev–Trinajstić information content (AvgIpc) is 2.76. The van der Waals surface area contributed by atoms with Gasteiger partial charge in [-0.1, -0.05) is 26.7 Å². The first-order valence-corrected chi connectivity index (χ1v) is 12.9. The Morgan fingerprint density at radius 2 is 1.84 bits per heavy atom. The Morgan fingerprint density at radius 3 is 2.58 bits per heavy atom. The number of piperidine rings is 1. The summed E-state index contributed by atoms with van der Waals surface area (Å²) in [5.74, 6) is 1.01. The van der Waals surface area contributed by atoms with E-state index in [2.05, 4.69) is 24.5 Å². The van der Waals surface area contributed by atoms with E-state index in [1.165, 1.54) is 10.7 Å². The Bertz CT molecular complexity index is 954. The zero-order valence-corrected chi connectivity index (χ0v) is 19.2. The van der Waals surface area contributed by atoms with Crippen molar-refractivity contribution in [2.75, 3.05) is 18.4 Å². The third kappa shape index (κ3) is 4.65. The van der Waals surface area contributed by atoms with Crippen LogP contribution in [0.1, 0.15) is 57.9 Å². The molecule has 170 valence electrons. The maximum atomic E-state index is 13.1. The highest BCUT2D eigenvalue weighted by atomic mass is 32.2. The van der Waals surface area contributed by atoms with E-state index in [-0.39, 0.29) is 28.7 Å². The molecule has 2 amide bonds. The van der Waals surface area contributed by atoms with Crippen LogP contribution in [0.5, 0.6) is 0 Å². The molecule has 1 saturated heterocycles. The van der Waals surface area contributed by atoms with Crippen molar-refractivity contribution < 1.29 is 18.0 Å². The van der Waals surface area contributed by atoms with E-state index < -0.39 is 10.0 Å². The minimum atomic E-state index is -3.61. The van der Waals surface area contributed by atoms with Crippen LogP contribution in [-0.4, -0.2) is 43.7 Å². The first kappa shape index (κ1) is 22.3. The van der Waals surface area contributed by atoms with Gasteiger partial charge in [-0.25, -0.2) is 8.42 Å². The minimum Gasteiger partial charge on any atom is -0.353 e. The highest BCUT2D eigenvalue weighted by Crippen LogP contribution is 2.31. The Balaban J connectivity index is 1.37. The van der Waals surface area contributed by atoms with Gasteiger partial charge in [0.05, 0.1) is 4.90 Å². The summed E-state index contributed by atoms with van der Waals surface area (Å²) in [4.78, 5) is 24.6. The van der Waals surface area contributed by atoms with Crippen LogP contribution in [0.25, 0.3) is 0 Å². The largest absolute Gasteiger partial charge is 0.353 e. The smallest absolute Gasteiger partial charge is 0.243 e. The number of nitrogens with zero attached hydrogens (tertiary/aromatic N) is 1. The predicted molar refractivity (Wildman–Crippen MR) is 119 cm³/mol. The fourth-order valence-corrected chi connectivity index (χ4v) is 6.63. The number of rotatable bonds is 4. The minimum absolute atomic E-state index is 0.0412. The summed E-state index contributed by atoms with van der Waals surface area (Å²) in [5, 5.41) is 6.03. The van der Waals surface area contributed by atoms with Gasteiger partial charge in [0, 0.05) is 37.2 Å². The van der Waals surface area contributed by atoms with Gasteiger partial charge >= 0.3 is 0 Å². The van der Waals surface area contributed by atoms with Crippen LogP contribution in [0.15, 0.2) is 23.1 Å². The van der Waals surface area contributed by atoms with E-state index in [0.29, 0.717) is 56.3 Å². The number of anilines is 1. The second-order valence-corrected chi connectivity index (χ2v) is 11.4. The van der Waals surface area contributed by atoms with Gasteiger partial charge in [-0.2, -0.15) is 4.31 Å². The molecule has 1 aromatic rings. The lowest BCUT2D eigenvalue weighted by atomic mass is 9.78. The van der Waals surface area contributed by atoms with Crippen LogP contribution in [0.4, 0.5) is 5.69 Å². The van der Waals surface area contributed by atoms with Crippen LogP contribution >= 0.6 is 0 Å². The summed E-state index contributed by atoms with van der Waals surface area (Å²) < 4.78 is 27.8. The second kappa shape index (κ2) is 8.90. The van der Waals surface area contributed by atoms with Crippen molar-refractivity contribution >= 4 is 27.5 Å². The summed E-state index contributed by atoms with van der Waals surface area (Å²) >= 11 is 0. The van der Waals surface area contributed by atoms with Gasteiger partial charge in [0.1, 0.15) is 0 Å². The lowest BCUT2D eigenvalue weighted by molar-refractivity contribution is -0.127. The van der Waals surface area contributed by atoms with E-state index in [1.54, 1.807) is 18.2 Å².